The van der Waals surface area contributed by atoms with E-state index < -0.39 is 5.97 Å². The van der Waals surface area contributed by atoms with E-state index in [0.29, 0.717) is 5.56 Å². The number of benzene rings is 1. The Morgan fingerprint density at radius 1 is 0.905 bits per heavy atom. The van der Waals surface area contributed by atoms with Crippen LogP contribution in [-0.2, 0) is 14.4 Å². The van der Waals surface area contributed by atoms with E-state index in [1.165, 1.54) is 48.6 Å². The van der Waals surface area contributed by atoms with Crippen LogP contribution in [0.1, 0.15) is 5.56 Å². The Kier molecular flexibility index (Phi) is 5.64. The Hall–Kier alpha value is -3.15. The first kappa shape index (κ1) is 15.9. The predicted molar refractivity (Wildman–Crippen MR) is 74.7 cm³/mol. The van der Waals surface area contributed by atoms with E-state index in [-0.39, 0.29) is 23.1 Å². The fourth-order valence-corrected chi connectivity index (χ4v) is 1.25. The average molecular weight is 288 g/mol. The first-order valence-corrected chi connectivity index (χ1v) is 5.75. The highest BCUT2D eigenvalue weighted by atomic mass is 16.4. The molecule has 2 rings (SSSR count). The summed E-state index contributed by atoms with van der Waals surface area (Å²) in [6.07, 6.45) is 7.28. The van der Waals surface area contributed by atoms with Gasteiger partial charge in [-0.05, 0) is 48.1 Å². The van der Waals surface area contributed by atoms with Gasteiger partial charge in [-0.15, -0.1) is 0 Å². The number of phenolic OH excluding ortho intramolecular Hbond substituents is 2. The van der Waals surface area contributed by atoms with Crippen LogP contribution in [-0.4, -0.2) is 32.9 Å². The Balaban J connectivity index is 0.000000235. The van der Waals surface area contributed by atoms with Gasteiger partial charge in [-0.3, -0.25) is 9.59 Å². The van der Waals surface area contributed by atoms with Crippen molar-refractivity contribution < 1.29 is 29.7 Å². The van der Waals surface area contributed by atoms with Crippen molar-refractivity contribution in [3.8, 4) is 11.5 Å². The van der Waals surface area contributed by atoms with Crippen molar-refractivity contribution in [3.63, 3.8) is 0 Å². The Morgan fingerprint density at radius 2 is 1.43 bits per heavy atom. The third kappa shape index (κ3) is 6.02. The van der Waals surface area contributed by atoms with E-state index in [1.54, 1.807) is 0 Å². The molecule has 0 unspecified atom stereocenters. The van der Waals surface area contributed by atoms with Gasteiger partial charge >= 0.3 is 5.97 Å². The summed E-state index contributed by atoms with van der Waals surface area (Å²) in [5, 5.41) is 26.3. The van der Waals surface area contributed by atoms with Crippen LogP contribution in [0.2, 0.25) is 0 Å². The summed E-state index contributed by atoms with van der Waals surface area (Å²) in [5.74, 6) is -1.80. The number of carbonyl (C=O) groups excluding carboxylic acids is 2. The maximum absolute atomic E-state index is 10.3. The van der Waals surface area contributed by atoms with Crippen LogP contribution >= 0.6 is 0 Å². The average Bonchev–Trinajstić information content (AvgIpc) is 2.44. The Labute approximate surface area is 120 Å². The van der Waals surface area contributed by atoms with Gasteiger partial charge in [0.05, 0.1) is 0 Å². The van der Waals surface area contributed by atoms with Crippen molar-refractivity contribution in [2.24, 2.45) is 0 Å². The lowest BCUT2D eigenvalue weighted by Crippen LogP contribution is -1.97. The van der Waals surface area contributed by atoms with Crippen LogP contribution in [0.25, 0.3) is 6.08 Å². The molecule has 0 bridgehead atoms. The fourth-order valence-electron chi connectivity index (χ4n) is 1.25. The summed E-state index contributed by atoms with van der Waals surface area (Å²) in [5.41, 5.74) is 0.512. The maximum Gasteiger partial charge on any atom is 0.328 e. The molecule has 1 aliphatic carbocycles. The lowest BCUT2D eigenvalue weighted by Gasteiger charge is -1.97. The molecule has 6 nitrogen and oxygen atoms in total. The molecular weight excluding hydrogens is 276 g/mol. The standard InChI is InChI=1S/C9H8O4.C6H4O2/c10-7-3-1-6(5-8(7)11)2-4-9(12)13;7-5-1-2-6(8)4-3-5/h1-5,10-11H,(H,12,13);1-4H/b4-2+;. The lowest BCUT2D eigenvalue weighted by atomic mass is 10.2. The molecule has 0 radical (unpaired) electrons. The van der Waals surface area contributed by atoms with Crippen molar-refractivity contribution in [1.82, 2.24) is 0 Å². The predicted octanol–water partition coefficient (Wildman–Crippen LogP) is 1.45. The highest BCUT2D eigenvalue weighted by Gasteiger charge is 1.98. The second-order valence-electron chi connectivity index (χ2n) is 3.89. The molecule has 0 fully saturated rings. The summed E-state index contributed by atoms with van der Waals surface area (Å²) in [6, 6.07) is 4.06. The first-order valence-electron chi connectivity index (χ1n) is 5.75. The first-order chi connectivity index (χ1) is 9.88. The zero-order valence-corrected chi connectivity index (χ0v) is 10.8. The normalized spacial score (nSPS) is 13.1. The van der Waals surface area contributed by atoms with E-state index in [1.807, 2.05) is 0 Å². The van der Waals surface area contributed by atoms with Gasteiger partial charge in [0.15, 0.2) is 23.1 Å². The molecule has 21 heavy (non-hydrogen) atoms. The van der Waals surface area contributed by atoms with Gasteiger partial charge in [0.2, 0.25) is 0 Å². The molecule has 108 valence electrons. The minimum atomic E-state index is -1.06. The molecule has 0 atom stereocenters. The van der Waals surface area contributed by atoms with Crippen LogP contribution in [0, 0.1) is 0 Å². The third-order valence-corrected chi connectivity index (χ3v) is 2.24. The number of rotatable bonds is 2. The molecule has 1 aromatic rings. The van der Waals surface area contributed by atoms with Crippen molar-refractivity contribution >= 4 is 23.6 Å². The molecule has 1 aliphatic rings. The maximum atomic E-state index is 10.3. The Bertz CT molecular complexity index is 614. The third-order valence-electron chi connectivity index (χ3n) is 2.24. The van der Waals surface area contributed by atoms with Crippen LogP contribution in [0.3, 0.4) is 0 Å². The van der Waals surface area contributed by atoms with Crippen molar-refractivity contribution in [2.75, 3.05) is 0 Å². The second kappa shape index (κ2) is 7.44. The minimum Gasteiger partial charge on any atom is -0.504 e. The number of aromatic hydroxyl groups is 2. The summed E-state index contributed by atoms with van der Waals surface area (Å²) < 4.78 is 0. The molecule has 0 spiro atoms. The van der Waals surface area contributed by atoms with Gasteiger partial charge in [0.1, 0.15) is 0 Å². The Morgan fingerprint density at radius 3 is 1.86 bits per heavy atom. The van der Waals surface area contributed by atoms with E-state index in [9.17, 15) is 14.4 Å². The van der Waals surface area contributed by atoms with Crippen molar-refractivity contribution in [3.05, 3.63) is 54.1 Å². The molecule has 0 saturated heterocycles. The monoisotopic (exact) mass is 288 g/mol. The largest absolute Gasteiger partial charge is 0.504 e. The number of carboxylic acid groups (broad SMARTS) is 1. The van der Waals surface area contributed by atoms with Crippen LogP contribution in [0.4, 0.5) is 0 Å². The highest BCUT2D eigenvalue weighted by Crippen LogP contribution is 2.25. The number of carboxylic acids is 1. The zero-order chi connectivity index (χ0) is 15.8. The summed E-state index contributed by atoms with van der Waals surface area (Å²) in [7, 11) is 0. The molecule has 0 saturated carbocycles. The number of carbonyl (C=O) groups is 3. The molecule has 1 aromatic carbocycles. The number of allylic oxidation sites excluding steroid dienone is 4. The van der Waals surface area contributed by atoms with Gasteiger partial charge in [0, 0.05) is 6.08 Å². The minimum absolute atomic E-state index is 0.121. The van der Waals surface area contributed by atoms with E-state index in [0.717, 1.165) is 6.08 Å². The fraction of sp³-hybridized carbons (Fsp3) is 0. The molecule has 0 aromatic heterocycles. The molecule has 6 heteroatoms. The highest BCUT2D eigenvalue weighted by molar-refractivity contribution is 6.14. The summed E-state index contributed by atoms with van der Waals surface area (Å²) >= 11 is 0. The lowest BCUT2D eigenvalue weighted by molar-refractivity contribution is -0.131. The van der Waals surface area contributed by atoms with E-state index in [4.69, 9.17) is 15.3 Å². The summed E-state index contributed by atoms with van der Waals surface area (Å²) in [6.45, 7) is 0. The van der Waals surface area contributed by atoms with Gasteiger partial charge in [-0.2, -0.15) is 0 Å². The quantitative estimate of drug-likeness (QED) is 0.431. The number of phenols is 2. The van der Waals surface area contributed by atoms with Crippen LogP contribution < -0.4 is 0 Å². The number of ketones is 2. The zero-order valence-electron chi connectivity index (χ0n) is 10.8. The molecule has 0 amide bonds. The number of hydrogen-bond acceptors (Lipinski definition) is 5. The molecule has 0 heterocycles. The van der Waals surface area contributed by atoms with E-state index in [2.05, 4.69) is 0 Å². The van der Waals surface area contributed by atoms with Crippen molar-refractivity contribution in [2.45, 2.75) is 0 Å². The van der Waals surface area contributed by atoms with Gasteiger partial charge < -0.3 is 15.3 Å². The van der Waals surface area contributed by atoms with Crippen LogP contribution in [0.5, 0.6) is 11.5 Å². The SMILES string of the molecule is O=C(O)/C=C/c1ccc(O)c(O)c1.O=C1C=CC(=O)C=C1. The topological polar surface area (TPSA) is 112 Å². The summed E-state index contributed by atoms with van der Waals surface area (Å²) in [4.78, 5) is 30.7. The van der Waals surface area contributed by atoms with Crippen molar-refractivity contribution in [1.29, 1.82) is 0 Å². The van der Waals surface area contributed by atoms with Gasteiger partial charge in [-0.25, -0.2) is 4.79 Å². The van der Waals surface area contributed by atoms with Gasteiger partial charge in [-0.1, -0.05) is 6.07 Å². The number of hydrogen-bond donors (Lipinski definition) is 3. The van der Waals surface area contributed by atoms with E-state index >= 15 is 0 Å². The van der Waals surface area contributed by atoms with Crippen LogP contribution in [0.15, 0.2) is 48.6 Å². The molecule has 3 N–H and O–H groups in total. The molecule has 0 aliphatic heterocycles. The molecular formula is C15H12O6. The van der Waals surface area contributed by atoms with Gasteiger partial charge in [0.25, 0.3) is 0 Å². The smallest absolute Gasteiger partial charge is 0.328 e. The number of aliphatic carboxylic acids is 1. The second-order valence-corrected chi connectivity index (χ2v) is 3.89.